The fourth-order valence-electron chi connectivity index (χ4n) is 3.69. The molecule has 34 heavy (non-hydrogen) atoms. The van der Waals surface area contributed by atoms with Crippen LogP contribution in [0.25, 0.3) is 0 Å². The SMILES string of the molecule is CCN(Cc1cnc(S(=O)(=O)Cc2cccc(OC)c2)n1CCOC)C(=O)Cc1ccccc1. The minimum Gasteiger partial charge on any atom is -0.497 e. The van der Waals surface area contributed by atoms with E-state index < -0.39 is 9.84 Å². The van der Waals surface area contributed by atoms with Crippen LogP contribution in [0.15, 0.2) is 66.0 Å². The van der Waals surface area contributed by atoms with Crippen LogP contribution in [0.2, 0.25) is 0 Å². The molecular weight excluding hydrogens is 454 g/mol. The van der Waals surface area contributed by atoms with Crippen molar-refractivity contribution in [1.29, 1.82) is 0 Å². The monoisotopic (exact) mass is 485 g/mol. The van der Waals surface area contributed by atoms with Crippen LogP contribution in [0.4, 0.5) is 0 Å². The highest BCUT2D eigenvalue weighted by Crippen LogP contribution is 2.21. The van der Waals surface area contributed by atoms with Gasteiger partial charge in [-0.05, 0) is 30.2 Å². The Morgan fingerprint density at radius 1 is 1.06 bits per heavy atom. The Hall–Kier alpha value is -3.17. The number of benzene rings is 2. The standard InChI is InChI=1S/C25H31N3O5S/c1-4-27(24(29)16-20-9-6-5-7-10-20)18-22-17-26-25(28(22)13-14-32-2)34(30,31)19-21-11-8-12-23(15-21)33-3/h5-12,15,17H,4,13-14,16,18-19H2,1-3H3. The summed E-state index contributed by atoms with van der Waals surface area (Å²) in [5.74, 6) is 0.346. The molecule has 0 N–H and O–H groups in total. The molecule has 0 aliphatic heterocycles. The summed E-state index contributed by atoms with van der Waals surface area (Å²) in [4.78, 5) is 18.9. The van der Waals surface area contributed by atoms with Crippen molar-refractivity contribution >= 4 is 15.7 Å². The summed E-state index contributed by atoms with van der Waals surface area (Å²) >= 11 is 0. The molecule has 9 heteroatoms. The molecule has 0 bridgehead atoms. The molecule has 3 aromatic rings. The quantitative estimate of drug-likeness (QED) is 0.392. The van der Waals surface area contributed by atoms with Gasteiger partial charge in [-0.15, -0.1) is 0 Å². The molecule has 2 aromatic carbocycles. The molecule has 0 atom stereocenters. The number of methoxy groups -OCH3 is 2. The molecule has 1 heterocycles. The number of carbonyl (C=O) groups excluding carboxylic acids is 1. The molecular formula is C25H31N3O5S. The van der Waals surface area contributed by atoms with Crippen LogP contribution in [0, 0.1) is 0 Å². The number of amides is 1. The minimum absolute atomic E-state index is 0.0334. The zero-order chi connectivity index (χ0) is 24.6. The van der Waals surface area contributed by atoms with E-state index in [-0.39, 0.29) is 29.8 Å². The zero-order valence-electron chi connectivity index (χ0n) is 19.8. The molecule has 0 spiro atoms. The van der Waals surface area contributed by atoms with Crippen LogP contribution >= 0.6 is 0 Å². The first-order valence-corrected chi connectivity index (χ1v) is 12.7. The first kappa shape index (κ1) is 25.5. The van der Waals surface area contributed by atoms with E-state index in [1.165, 1.54) is 13.3 Å². The highest BCUT2D eigenvalue weighted by atomic mass is 32.2. The van der Waals surface area contributed by atoms with Crippen LogP contribution in [0.1, 0.15) is 23.7 Å². The lowest BCUT2D eigenvalue weighted by Crippen LogP contribution is -2.32. The topological polar surface area (TPSA) is 90.7 Å². The van der Waals surface area contributed by atoms with E-state index >= 15 is 0 Å². The van der Waals surface area contributed by atoms with Crippen LogP contribution in [-0.4, -0.2) is 56.1 Å². The van der Waals surface area contributed by atoms with Gasteiger partial charge in [-0.3, -0.25) is 4.79 Å². The Bertz CT molecular complexity index is 1190. The van der Waals surface area contributed by atoms with Gasteiger partial charge in [0.25, 0.3) is 0 Å². The Balaban J connectivity index is 1.85. The number of hydrogen-bond donors (Lipinski definition) is 0. The van der Waals surface area contributed by atoms with Crippen molar-refractivity contribution in [2.24, 2.45) is 0 Å². The zero-order valence-corrected chi connectivity index (χ0v) is 20.6. The summed E-state index contributed by atoms with van der Waals surface area (Å²) in [6.45, 7) is 3.28. The number of hydrogen-bond acceptors (Lipinski definition) is 6. The van der Waals surface area contributed by atoms with Crippen LogP contribution in [0.3, 0.4) is 0 Å². The van der Waals surface area contributed by atoms with Crippen molar-refractivity contribution in [3.05, 3.63) is 77.6 Å². The second kappa shape index (κ2) is 11.8. The summed E-state index contributed by atoms with van der Waals surface area (Å²) in [5.41, 5.74) is 2.18. The van der Waals surface area contributed by atoms with Gasteiger partial charge in [0.05, 0.1) is 44.3 Å². The number of rotatable bonds is 12. The van der Waals surface area contributed by atoms with Gasteiger partial charge < -0.3 is 18.9 Å². The van der Waals surface area contributed by atoms with E-state index in [1.54, 1.807) is 40.8 Å². The Morgan fingerprint density at radius 3 is 2.47 bits per heavy atom. The number of sulfone groups is 1. The fourth-order valence-corrected chi connectivity index (χ4v) is 5.19. The lowest BCUT2D eigenvalue weighted by Gasteiger charge is -2.22. The van der Waals surface area contributed by atoms with Gasteiger partial charge in [0.15, 0.2) is 0 Å². The van der Waals surface area contributed by atoms with Crippen LogP contribution in [-0.2, 0) is 44.6 Å². The maximum atomic E-state index is 13.3. The molecule has 1 amide bonds. The van der Waals surface area contributed by atoms with Gasteiger partial charge in [0.1, 0.15) is 5.75 Å². The second-order valence-electron chi connectivity index (χ2n) is 7.86. The summed E-state index contributed by atoms with van der Waals surface area (Å²) in [5, 5.41) is -0.0334. The van der Waals surface area contributed by atoms with E-state index in [0.717, 1.165) is 5.56 Å². The molecule has 0 saturated heterocycles. The number of aromatic nitrogens is 2. The van der Waals surface area contributed by atoms with E-state index in [4.69, 9.17) is 9.47 Å². The van der Waals surface area contributed by atoms with Crippen molar-refractivity contribution in [1.82, 2.24) is 14.5 Å². The molecule has 8 nitrogen and oxygen atoms in total. The third kappa shape index (κ3) is 6.45. The number of ether oxygens (including phenoxy) is 2. The Kier molecular flexibility index (Phi) is 8.84. The molecule has 0 radical (unpaired) electrons. The predicted octanol–water partition coefficient (Wildman–Crippen LogP) is 3.10. The number of nitrogens with zero attached hydrogens (tertiary/aromatic N) is 3. The van der Waals surface area contributed by atoms with Gasteiger partial charge in [0, 0.05) is 20.2 Å². The van der Waals surface area contributed by atoms with Crippen molar-refractivity contribution < 1.29 is 22.7 Å². The number of likely N-dealkylation sites (N-methyl/N-ethyl adjacent to an activating group) is 1. The highest BCUT2D eigenvalue weighted by Gasteiger charge is 2.25. The van der Waals surface area contributed by atoms with Crippen molar-refractivity contribution in [3.63, 3.8) is 0 Å². The van der Waals surface area contributed by atoms with E-state index in [0.29, 0.717) is 36.7 Å². The molecule has 182 valence electrons. The van der Waals surface area contributed by atoms with Gasteiger partial charge in [-0.1, -0.05) is 42.5 Å². The lowest BCUT2D eigenvalue weighted by molar-refractivity contribution is -0.130. The fraction of sp³-hybridized carbons (Fsp3) is 0.360. The largest absolute Gasteiger partial charge is 0.497 e. The third-order valence-corrected chi connectivity index (χ3v) is 7.07. The Labute approximate surface area is 201 Å². The minimum atomic E-state index is -3.75. The highest BCUT2D eigenvalue weighted by molar-refractivity contribution is 7.90. The number of imidazole rings is 1. The van der Waals surface area contributed by atoms with E-state index in [9.17, 15) is 13.2 Å². The maximum Gasteiger partial charge on any atom is 0.228 e. The van der Waals surface area contributed by atoms with Crippen LogP contribution in [0.5, 0.6) is 5.75 Å². The summed E-state index contributed by atoms with van der Waals surface area (Å²) in [6.07, 6.45) is 1.81. The predicted molar refractivity (Wildman–Crippen MR) is 129 cm³/mol. The third-order valence-electron chi connectivity index (χ3n) is 5.48. The first-order chi connectivity index (χ1) is 16.4. The van der Waals surface area contributed by atoms with E-state index in [1.807, 2.05) is 37.3 Å². The molecule has 0 fully saturated rings. The molecule has 3 rings (SSSR count). The number of carbonyl (C=O) groups is 1. The molecule has 0 unspecified atom stereocenters. The lowest BCUT2D eigenvalue weighted by atomic mass is 10.1. The molecule has 0 aliphatic carbocycles. The van der Waals surface area contributed by atoms with Gasteiger partial charge in [-0.2, -0.15) is 0 Å². The molecule has 1 aromatic heterocycles. The second-order valence-corrected chi connectivity index (χ2v) is 9.74. The average Bonchev–Trinajstić information content (AvgIpc) is 3.24. The van der Waals surface area contributed by atoms with E-state index in [2.05, 4.69) is 4.98 Å². The maximum absolute atomic E-state index is 13.3. The normalized spacial score (nSPS) is 11.4. The summed E-state index contributed by atoms with van der Waals surface area (Å²) in [7, 11) is -0.657. The molecule has 0 aliphatic rings. The average molecular weight is 486 g/mol. The molecule has 0 saturated carbocycles. The van der Waals surface area contributed by atoms with Crippen molar-refractivity contribution in [2.45, 2.75) is 37.3 Å². The smallest absolute Gasteiger partial charge is 0.228 e. The Morgan fingerprint density at radius 2 is 1.79 bits per heavy atom. The van der Waals surface area contributed by atoms with Crippen molar-refractivity contribution in [2.75, 3.05) is 27.4 Å². The summed E-state index contributed by atoms with van der Waals surface area (Å²) < 4.78 is 38.6. The summed E-state index contributed by atoms with van der Waals surface area (Å²) in [6, 6.07) is 16.5. The van der Waals surface area contributed by atoms with Gasteiger partial charge in [0.2, 0.25) is 20.9 Å². The van der Waals surface area contributed by atoms with Gasteiger partial charge in [-0.25, -0.2) is 13.4 Å². The van der Waals surface area contributed by atoms with Crippen molar-refractivity contribution in [3.8, 4) is 5.75 Å². The van der Waals surface area contributed by atoms with Crippen LogP contribution < -0.4 is 4.74 Å². The van der Waals surface area contributed by atoms with Gasteiger partial charge >= 0.3 is 0 Å². The first-order valence-electron chi connectivity index (χ1n) is 11.1.